The summed E-state index contributed by atoms with van der Waals surface area (Å²) in [6.07, 6.45) is 1.16. The van der Waals surface area contributed by atoms with Gasteiger partial charge in [0.15, 0.2) is 5.82 Å². The zero-order valence-electron chi connectivity index (χ0n) is 11.6. The van der Waals surface area contributed by atoms with Crippen LogP contribution < -0.4 is 0 Å². The maximum absolute atomic E-state index is 9.24. The lowest BCUT2D eigenvalue weighted by Gasteiger charge is -2.08. The molecule has 0 fully saturated rings. The first-order valence-corrected chi connectivity index (χ1v) is 8.80. The van der Waals surface area contributed by atoms with Crippen molar-refractivity contribution in [2.75, 3.05) is 5.75 Å². The number of nitrogens with zero attached hydrogens (tertiary/aromatic N) is 3. The molecular formula is C16H13N3S2. The molecule has 104 valence electrons. The molecule has 2 aromatic heterocycles. The number of aryl methyl sites for hydroxylation is 2. The maximum Gasteiger partial charge on any atom is 0.151 e. The van der Waals surface area contributed by atoms with Crippen LogP contribution in [0.5, 0.6) is 0 Å². The van der Waals surface area contributed by atoms with Crippen molar-refractivity contribution in [3.63, 3.8) is 0 Å². The lowest BCUT2D eigenvalue weighted by atomic mass is 10.2. The van der Waals surface area contributed by atoms with Crippen LogP contribution in [0.1, 0.15) is 16.0 Å². The van der Waals surface area contributed by atoms with Crippen molar-refractivity contribution >= 4 is 34.1 Å². The fourth-order valence-corrected chi connectivity index (χ4v) is 5.18. The van der Waals surface area contributed by atoms with Gasteiger partial charge >= 0.3 is 0 Å². The lowest BCUT2D eigenvalue weighted by molar-refractivity contribution is 0.963. The molecule has 21 heavy (non-hydrogen) atoms. The van der Waals surface area contributed by atoms with E-state index < -0.39 is 0 Å². The topological polar surface area (TPSA) is 41.6 Å². The SMILES string of the molecule is Cn1c(-c2cc3c(s2)CCSC3)nc2c(C#N)cccc21. The highest BCUT2D eigenvalue weighted by atomic mass is 32.2. The van der Waals surface area contributed by atoms with Crippen molar-refractivity contribution in [3.8, 4) is 16.8 Å². The van der Waals surface area contributed by atoms with Crippen LogP contribution in [0.15, 0.2) is 24.3 Å². The van der Waals surface area contributed by atoms with E-state index >= 15 is 0 Å². The molecule has 0 spiro atoms. The van der Waals surface area contributed by atoms with Gasteiger partial charge in [0.2, 0.25) is 0 Å². The fourth-order valence-electron chi connectivity index (χ4n) is 2.78. The number of nitriles is 1. The highest BCUT2D eigenvalue weighted by Gasteiger charge is 2.18. The summed E-state index contributed by atoms with van der Waals surface area (Å²) in [4.78, 5) is 7.45. The molecule has 1 aliphatic rings. The van der Waals surface area contributed by atoms with Gasteiger partial charge in [0.25, 0.3) is 0 Å². The van der Waals surface area contributed by atoms with Gasteiger partial charge in [-0.25, -0.2) is 4.98 Å². The average Bonchev–Trinajstić information content (AvgIpc) is 3.08. The molecular weight excluding hydrogens is 298 g/mol. The Kier molecular flexibility index (Phi) is 3.02. The normalized spacial score (nSPS) is 14.1. The first-order valence-electron chi connectivity index (χ1n) is 6.83. The molecule has 0 N–H and O–H groups in total. The predicted octanol–water partition coefficient (Wildman–Crippen LogP) is 3.96. The van der Waals surface area contributed by atoms with E-state index in [1.165, 1.54) is 21.1 Å². The Hall–Kier alpha value is -1.77. The standard InChI is InChI=1S/C16H13N3S2/c1-19-12-4-2-3-10(8-17)15(12)18-16(19)14-7-11-9-20-6-5-13(11)21-14/h2-4,7H,5-6,9H2,1H3. The maximum atomic E-state index is 9.24. The van der Waals surface area contributed by atoms with E-state index in [2.05, 4.69) is 16.7 Å². The Balaban J connectivity index is 1.93. The summed E-state index contributed by atoms with van der Waals surface area (Å²) < 4.78 is 2.10. The molecule has 3 nitrogen and oxygen atoms in total. The second kappa shape index (κ2) is 4.90. The van der Waals surface area contributed by atoms with Crippen molar-refractivity contribution in [3.05, 3.63) is 40.3 Å². The van der Waals surface area contributed by atoms with E-state index in [0.717, 1.165) is 29.0 Å². The van der Waals surface area contributed by atoms with Crippen LogP contribution in [-0.2, 0) is 19.2 Å². The first kappa shape index (κ1) is 12.9. The Labute approximate surface area is 131 Å². The van der Waals surface area contributed by atoms with E-state index in [9.17, 15) is 5.26 Å². The molecule has 0 saturated heterocycles. The van der Waals surface area contributed by atoms with Gasteiger partial charge in [-0.15, -0.1) is 11.3 Å². The molecule has 0 unspecified atom stereocenters. The van der Waals surface area contributed by atoms with Gasteiger partial charge in [0.05, 0.1) is 16.0 Å². The second-order valence-electron chi connectivity index (χ2n) is 5.14. The number of benzene rings is 1. The number of para-hydroxylation sites is 1. The van der Waals surface area contributed by atoms with Gasteiger partial charge < -0.3 is 4.57 Å². The van der Waals surface area contributed by atoms with Crippen molar-refractivity contribution in [2.24, 2.45) is 7.05 Å². The summed E-state index contributed by atoms with van der Waals surface area (Å²) in [5.41, 5.74) is 3.92. The average molecular weight is 311 g/mol. The van der Waals surface area contributed by atoms with E-state index in [1.807, 2.05) is 48.3 Å². The van der Waals surface area contributed by atoms with Crippen LogP contribution >= 0.6 is 23.1 Å². The van der Waals surface area contributed by atoms with Gasteiger partial charge in [0, 0.05) is 17.7 Å². The minimum absolute atomic E-state index is 0.645. The Morgan fingerprint density at radius 2 is 2.29 bits per heavy atom. The van der Waals surface area contributed by atoms with Crippen LogP contribution in [-0.4, -0.2) is 15.3 Å². The van der Waals surface area contributed by atoms with E-state index in [0.29, 0.717) is 5.56 Å². The molecule has 3 aromatic rings. The molecule has 4 rings (SSSR count). The van der Waals surface area contributed by atoms with Crippen LogP contribution in [0.2, 0.25) is 0 Å². The third kappa shape index (κ3) is 1.98. The molecule has 0 radical (unpaired) electrons. The van der Waals surface area contributed by atoms with Crippen LogP contribution in [0, 0.1) is 11.3 Å². The quantitative estimate of drug-likeness (QED) is 0.683. The Bertz CT molecular complexity index is 859. The van der Waals surface area contributed by atoms with E-state index in [4.69, 9.17) is 4.98 Å². The van der Waals surface area contributed by atoms with Crippen molar-refractivity contribution < 1.29 is 0 Å². The number of fused-ring (bicyclic) bond motifs is 2. The van der Waals surface area contributed by atoms with Gasteiger partial charge in [-0.3, -0.25) is 0 Å². The summed E-state index contributed by atoms with van der Waals surface area (Å²) in [6, 6.07) is 10.3. The van der Waals surface area contributed by atoms with E-state index in [-0.39, 0.29) is 0 Å². The smallest absolute Gasteiger partial charge is 0.151 e. The minimum Gasteiger partial charge on any atom is -0.326 e. The molecule has 1 aliphatic heterocycles. The van der Waals surface area contributed by atoms with Crippen LogP contribution in [0.25, 0.3) is 21.7 Å². The largest absolute Gasteiger partial charge is 0.326 e. The van der Waals surface area contributed by atoms with E-state index in [1.54, 1.807) is 0 Å². The number of imidazole rings is 1. The first-order chi connectivity index (χ1) is 10.3. The number of thioether (sulfide) groups is 1. The molecule has 0 aliphatic carbocycles. The number of hydrogen-bond donors (Lipinski definition) is 0. The van der Waals surface area contributed by atoms with Crippen molar-refractivity contribution in [1.82, 2.24) is 9.55 Å². The van der Waals surface area contributed by atoms with Crippen molar-refractivity contribution in [1.29, 1.82) is 5.26 Å². The summed E-state index contributed by atoms with van der Waals surface area (Å²) in [6.45, 7) is 0. The molecule has 0 bridgehead atoms. The third-order valence-corrected chi connectivity index (χ3v) is 6.12. The zero-order chi connectivity index (χ0) is 14.4. The van der Waals surface area contributed by atoms with Gasteiger partial charge in [0.1, 0.15) is 11.6 Å². The lowest BCUT2D eigenvalue weighted by Crippen LogP contribution is -1.96. The molecule has 1 aromatic carbocycles. The number of rotatable bonds is 1. The number of aromatic nitrogens is 2. The molecule has 0 saturated carbocycles. The Morgan fingerprint density at radius 1 is 1.38 bits per heavy atom. The third-order valence-electron chi connectivity index (χ3n) is 3.88. The van der Waals surface area contributed by atoms with Crippen molar-refractivity contribution in [2.45, 2.75) is 12.2 Å². The number of thiophene rings is 1. The number of hydrogen-bond acceptors (Lipinski definition) is 4. The van der Waals surface area contributed by atoms with Crippen LogP contribution in [0.4, 0.5) is 0 Å². The van der Waals surface area contributed by atoms with Gasteiger partial charge in [-0.2, -0.15) is 17.0 Å². The highest BCUT2D eigenvalue weighted by Crippen LogP contribution is 2.37. The zero-order valence-corrected chi connectivity index (χ0v) is 13.2. The minimum atomic E-state index is 0.645. The summed E-state index contributed by atoms with van der Waals surface area (Å²) in [5.74, 6) is 3.30. The summed E-state index contributed by atoms with van der Waals surface area (Å²) >= 11 is 3.85. The monoisotopic (exact) mass is 311 g/mol. The fraction of sp³-hybridized carbons (Fsp3) is 0.250. The van der Waals surface area contributed by atoms with Gasteiger partial charge in [-0.1, -0.05) is 6.07 Å². The molecule has 0 amide bonds. The molecule has 3 heterocycles. The summed E-state index contributed by atoms with van der Waals surface area (Å²) in [5, 5.41) is 9.24. The Morgan fingerprint density at radius 3 is 3.10 bits per heavy atom. The predicted molar refractivity (Wildman–Crippen MR) is 88.6 cm³/mol. The summed E-state index contributed by atoms with van der Waals surface area (Å²) in [7, 11) is 2.03. The van der Waals surface area contributed by atoms with Gasteiger partial charge in [-0.05, 0) is 35.9 Å². The highest BCUT2D eigenvalue weighted by molar-refractivity contribution is 7.98. The van der Waals surface area contributed by atoms with Crippen LogP contribution in [0.3, 0.4) is 0 Å². The molecule has 0 atom stereocenters. The second-order valence-corrected chi connectivity index (χ2v) is 7.38. The molecule has 5 heteroatoms.